The molecular weight excluding hydrogens is 274 g/mol. The Balaban J connectivity index is 1.95. The van der Waals surface area contributed by atoms with Gasteiger partial charge in [-0.05, 0) is 36.6 Å². The predicted octanol–water partition coefficient (Wildman–Crippen LogP) is 1.58. The van der Waals surface area contributed by atoms with E-state index in [0.29, 0.717) is 0 Å². The minimum atomic E-state index is -2.94. The number of ether oxygens (including phenoxy) is 1. The van der Waals surface area contributed by atoms with E-state index in [1.807, 2.05) is 13.0 Å². The van der Waals surface area contributed by atoms with Gasteiger partial charge in [0, 0.05) is 18.7 Å². The lowest BCUT2D eigenvalue weighted by Gasteiger charge is -2.17. The Labute approximate surface area is 121 Å². The summed E-state index contributed by atoms with van der Waals surface area (Å²) < 4.78 is 28.3. The number of hydrogen-bond donors (Lipinski definition) is 1. The summed E-state index contributed by atoms with van der Waals surface area (Å²) in [4.78, 5) is 0. The molecular formula is C15H23NO3S. The molecule has 0 radical (unpaired) electrons. The van der Waals surface area contributed by atoms with Crippen molar-refractivity contribution in [3.8, 4) is 5.75 Å². The molecule has 0 spiro atoms. The topological polar surface area (TPSA) is 55.4 Å². The molecule has 1 atom stereocenters. The third kappa shape index (κ3) is 4.49. The van der Waals surface area contributed by atoms with Gasteiger partial charge in [0.15, 0.2) is 0 Å². The Bertz CT molecular complexity index is 554. The van der Waals surface area contributed by atoms with Crippen molar-refractivity contribution in [2.45, 2.75) is 32.2 Å². The minimum Gasteiger partial charge on any atom is -0.493 e. The average molecular weight is 297 g/mol. The summed E-state index contributed by atoms with van der Waals surface area (Å²) in [7, 11) is -2.94. The number of sulfone groups is 1. The Morgan fingerprint density at radius 1 is 1.40 bits per heavy atom. The molecule has 4 nitrogen and oxygen atoms in total. The quantitative estimate of drug-likeness (QED) is 0.830. The lowest BCUT2D eigenvalue weighted by Crippen LogP contribution is -2.35. The molecule has 0 saturated heterocycles. The maximum Gasteiger partial charge on any atom is 0.148 e. The first kappa shape index (κ1) is 15.3. The molecule has 1 aromatic rings. The van der Waals surface area contributed by atoms with Gasteiger partial charge in [0.05, 0.1) is 12.4 Å². The summed E-state index contributed by atoms with van der Waals surface area (Å²) in [6.45, 7) is 3.56. The van der Waals surface area contributed by atoms with Crippen LogP contribution in [-0.4, -0.2) is 39.6 Å². The fourth-order valence-electron chi connectivity index (χ4n) is 2.63. The number of aryl methyl sites for hydroxylation is 1. The lowest BCUT2D eigenvalue weighted by atomic mass is 10.0. The zero-order valence-corrected chi connectivity index (χ0v) is 13.0. The van der Waals surface area contributed by atoms with Crippen molar-refractivity contribution >= 4 is 9.84 Å². The van der Waals surface area contributed by atoms with E-state index in [1.54, 1.807) is 0 Å². The zero-order valence-electron chi connectivity index (χ0n) is 12.2. The predicted molar refractivity (Wildman–Crippen MR) is 81.1 cm³/mol. The van der Waals surface area contributed by atoms with Crippen LogP contribution in [0.25, 0.3) is 0 Å². The molecule has 0 aliphatic carbocycles. The van der Waals surface area contributed by atoms with Crippen molar-refractivity contribution in [3.63, 3.8) is 0 Å². The second-order valence-electron chi connectivity index (χ2n) is 5.43. The molecule has 0 bridgehead atoms. The highest BCUT2D eigenvalue weighted by atomic mass is 32.2. The van der Waals surface area contributed by atoms with E-state index in [-0.39, 0.29) is 11.8 Å². The first-order valence-electron chi connectivity index (χ1n) is 7.13. The average Bonchev–Trinajstić information content (AvgIpc) is 2.81. The van der Waals surface area contributed by atoms with Gasteiger partial charge in [-0.15, -0.1) is 0 Å². The molecule has 0 fully saturated rings. The van der Waals surface area contributed by atoms with E-state index < -0.39 is 9.84 Å². The van der Waals surface area contributed by atoms with Crippen molar-refractivity contribution in [1.29, 1.82) is 0 Å². The van der Waals surface area contributed by atoms with Gasteiger partial charge in [-0.2, -0.15) is 0 Å². The second kappa shape index (κ2) is 6.59. The zero-order chi connectivity index (χ0) is 14.6. The molecule has 1 N–H and O–H groups in total. The second-order valence-corrected chi connectivity index (χ2v) is 7.61. The number of benzene rings is 1. The summed E-state index contributed by atoms with van der Waals surface area (Å²) in [6.07, 6.45) is 3.99. The maximum atomic E-state index is 11.4. The van der Waals surface area contributed by atoms with Gasteiger partial charge in [-0.1, -0.05) is 19.1 Å². The molecule has 0 aromatic heterocycles. The van der Waals surface area contributed by atoms with Gasteiger partial charge >= 0.3 is 0 Å². The van der Waals surface area contributed by atoms with Crippen LogP contribution in [0, 0.1) is 0 Å². The number of nitrogens with one attached hydrogen (secondary N) is 1. The largest absolute Gasteiger partial charge is 0.493 e. The summed E-state index contributed by atoms with van der Waals surface area (Å²) >= 11 is 0. The summed E-state index contributed by atoms with van der Waals surface area (Å²) in [6, 6.07) is 6.31. The third-order valence-corrected chi connectivity index (χ3v) is 4.54. The normalized spacial score (nSPS) is 15.7. The standard InChI is InChI=1S/C15H23NO3S/c1-3-16-14(11-20(2,17)18)6-4-12-5-7-15-13(10-12)8-9-19-15/h5,7,10,14,16H,3-4,6,8-9,11H2,1-2H3. The molecule has 0 saturated carbocycles. The molecule has 1 aliphatic rings. The van der Waals surface area contributed by atoms with Crippen LogP contribution in [-0.2, 0) is 22.7 Å². The molecule has 2 rings (SSSR count). The van der Waals surface area contributed by atoms with Crippen molar-refractivity contribution in [2.75, 3.05) is 25.2 Å². The third-order valence-electron chi connectivity index (χ3n) is 3.53. The van der Waals surface area contributed by atoms with E-state index >= 15 is 0 Å². The fraction of sp³-hybridized carbons (Fsp3) is 0.600. The first-order valence-corrected chi connectivity index (χ1v) is 9.19. The van der Waals surface area contributed by atoms with Crippen molar-refractivity contribution in [3.05, 3.63) is 29.3 Å². The van der Waals surface area contributed by atoms with Crippen LogP contribution in [0.3, 0.4) is 0 Å². The van der Waals surface area contributed by atoms with Crippen LogP contribution in [0.2, 0.25) is 0 Å². The number of fused-ring (bicyclic) bond motifs is 1. The van der Waals surface area contributed by atoms with E-state index in [4.69, 9.17) is 4.74 Å². The van der Waals surface area contributed by atoms with E-state index in [1.165, 1.54) is 17.4 Å². The molecule has 20 heavy (non-hydrogen) atoms. The van der Waals surface area contributed by atoms with E-state index in [2.05, 4.69) is 17.4 Å². The van der Waals surface area contributed by atoms with Crippen LogP contribution in [0.15, 0.2) is 18.2 Å². The summed E-state index contributed by atoms with van der Waals surface area (Å²) in [5.74, 6) is 1.20. The Morgan fingerprint density at radius 2 is 2.20 bits per heavy atom. The van der Waals surface area contributed by atoms with Crippen molar-refractivity contribution < 1.29 is 13.2 Å². The maximum absolute atomic E-state index is 11.4. The van der Waals surface area contributed by atoms with Gasteiger partial charge in [-0.25, -0.2) is 8.42 Å². The highest BCUT2D eigenvalue weighted by Gasteiger charge is 2.16. The van der Waals surface area contributed by atoms with E-state index in [0.717, 1.165) is 38.2 Å². The van der Waals surface area contributed by atoms with Crippen LogP contribution in [0.5, 0.6) is 5.75 Å². The monoisotopic (exact) mass is 297 g/mol. The van der Waals surface area contributed by atoms with Gasteiger partial charge in [0.1, 0.15) is 15.6 Å². The van der Waals surface area contributed by atoms with Crippen LogP contribution in [0.4, 0.5) is 0 Å². The molecule has 0 amide bonds. The molecule has 1 unspecified atom stereocenters. The number of rotatable bonds is 7. The van der Waals surface area contributed by atoms with Gasteiger partial charge < -0.3 is 10.1 Å². The number of hydrogen-bond acceptors (Lipinski definition) is 4. The molecule has 5 heteroatoms. The highest BCUT2D eigenvalue weighted by Crippen LogP contribution is 2.26. The summed E-state index contributed by atoms with van der Waals surface area (Å²) in [5.41, 5.74) is 2.52. The van der Waals surface area contributed by atoms with Gasteiger partial charge in [0.25, 0.3) is 0 Å². The minimum absolute atomic E-state index is 0.0273. The van der Waals surface area contributed by atoms with E-state index in [9.17, 15) is 8.42 Å². The first-order chi connectivity index (χ1) is 9.48. The van der Waals surface area contributed by atoms with Crippen LogP contribution in [0.1, 0.15) is 24.5 Å². The van der Waals surface area contributed by atoms with Crippen molar-refractivity contribution in [1.82, 2.24) is 5.32 Å². The lowest BCUT2D eigenvalue weighted by molar-refractivity contribution is 0.357. The molecule has 1 heterocycles. The Kier molecular flexibility index (Phi) is 5.05. The molecule has 112 valence electrons. The SMILES string of the molecule is CCNC(CCc1ccc2c(c1)CCO2)CS(C)(=O)=O. The Morgan fingerprint density at radius 3 is 2.90 bits per heavy atom. The highest BCUT2D eigenvalue weighted by molar-refractivity contribution is 7.90. The van der Waals surface area contributed by atoms with Crippen LogP contribution < -0.4 is 10.1 Å². The molecule has 1 aromatic carbocycles. The summed E-state index contributed by atoms with van der Waals surface area (Å²) in [5, 5.41) is 3.26. The molecule has 1 aliphatic heterocycles. The smallest absolute Gasteiger partial charge is 0.148 e. The van der Waals surface area contributed by atoms with Gasteiger partial charge in [-0.3, -0.25) is 0 Å². The Hall–Kier alpha value is -1.07. The van der Waals surface area contributed by atoms with Crippen molar-refractivity contribution in [2.24, 2.45) is 0 Å². The van der Waals surface area contributed by atoms with Gasteiger partial charge in [0.2, 0.25) is 0 Å². The fourth-order valence-corrected chi connectivity index (χ4v) is 3.65. The van der Waals surface area contributed by atoms with Crippen LogP contribution >= 0.6 is 0 Å².